The molecule has 0 atom stereocenters. The summed E-state index contributed by atoms with van der Waals surface area (Å²) in [6, 6.07) is 4.33. The van der Waals surface area contributed by atoms with Gasteiger partial charge in [0.05, 0.1) is 29.2 Å². The maximum absolute atomic E-state index is 13.4. The second kappa shape index (κ2) is 5.40. The normalized spacial score (nSPS) is 10.5. The number of aromatic nitrogens is 2. The quantitative estimate of drug-likeness (QED) is 0.812. The first-order valence-corrected chi connectivity index (χ1v) is 6.09. The van der Waals surface area contributed by atoms with Crippen molar-refractivity contribution < 1.29 is 13.9 Å². The van der Waals surface area contributed by atoms with Gasteiger partial charge in [-0.3, -0.25) is 0 Å². The lowest BCUT2D eigenvalue weighted by Crippen LogP contribution is -2.07. The number of halogens is 2. The van der Waals surface area contributed by atoms with Gasteiger partial charge in [-0.1, -0.05) is 11.6 Å². The summed E-state index contributed by atoms with van der Waals surface area (Å²) in [4.78, 5) is 11.7. The van der Waals surface area contributed by atoms with E-state index < -0.39 is 11.8 Å². The molecule has 0 N–H and O–H groups in total. The number of benzene rings is 1. The number of carbonyl (C=O) groups is 1. The molecule has 0 bridgehead atoms. The first-order valence-electron chi connectivity index (χ1n) is 5.71. The van der Waals surface area contributed by atoms with E-state index >= 15 is 0 Å². The van der Waals surface area contributed by atoms with Crippen molar-refractivity contribution in [1.29, 1.82) is 0 Å². The molecule has 1 aromatic heterocycles. The van der Waals surface area contributed by atoms with E-state index in [1.165, 1.54) is 23.0 Å². The highest BCUT2D eigenvalue weighted by Gasteiger charge is 2.16. The molecule has 2 aromatic rings. The fourth-order valence-corrected chi connectivity index (χ4v) is 1.81. The maximum atomic E-state index is 13.4. The van der Waals surface area contributed by atoms with Crippen LogP contribution in [0.1, 0.15) is 23.0 Å². The van der Waals surface area contributed by atoms with Crippen LogP contribution in [0.3, 0.4) is 0 Å². The van der Waals surface area contributed by atoms with E-state index in [0.29, 0.717) is 23.6 Å². The largest absolute Gasteiger partial charge is 0.462 e. The fourth-order valence-electron chi connectivity index (χ4n) is 1.70. The van der Waals surface area contributed by atoms with Crippen molar-refractivity contribution >= 4 is 17.6 Å². The van der Waals surface area contributed by atoms with Gasteiger partial charge in [-0.15, -0.1) is 0 Å². The van der Waals surface area contributed by atoms with Crippen LogP contribution in [0.5, 0.6) is 0 Å². The highest BCUT2D eigenvalue weighted by atomic mass is 35.5. The van der Waals surface area contributed by atoms with Gasteiger partial charge in [-0.25, -0.2) is 13.9 Å². The third-order valence-electron chi connectivity index (χ3n) is 2.65. The van der Waals surface area contributed by atoms with Crippen LogP contribution in [-0.2, 0) is 4.74 Å². The molecule has 0 unspecified atom stereocenters. The molecule has 2 rings (SSSR count). The van der Waals surface area contributed by atoms with Crippen molar-refractivity contribution in [2.75, 3.05) is 6.61 Å². The third-order valence-corrected chi connectivity index (χ3v) is 2.96. The Balaban J connectivity index is 2.41. The minimum atomic E-state index is -0.535. The van der Waals surface area contributed by atoms with E-state index in [1.54, 1.807) is 19.9 Å². The highest BCUT2D eigenvalue weighted by Crippen LogP contribution is 2.20. The van der Waals surface area contributed by atoms with E-state index in [1.807, 2.05) is 0 Å². The second-order valence-corrected chi connectivity index (χ2v) is 4.28. The van der Waals surface area contributed by atoms with Crippen molar-refractivity contribution in [3.8, 4) is 5.69 Å². The molecular weight excluding hydrogens is 271 g/mol. The summed E-state index contributed by atoms with van der Waals surface area (Å²) in [5, 5.41) is 4.11. The number of rotatable bonds is 3. The van der Waals surface area contributed by atoms with Crippen LogP contribution in [0.25, 0.3) is 5.69 Å². The van der Waals surface area contributed by atoms with Crippen LogP contribution in [-0.4, -0.2) is 22.4 Å². The Kier molecular flexibility index (Phi) is 3.85. The van der Waals surface area contributed by atoms with Gasteiger partial charge >= 0.3 is 5.97 Å². The third kappa shape index (κ3) is 2.61. The molecule has 0 aliphatic heterocycles. The average molecular weight is 283 g/mol. The summed E-state index contributed by atoms with van der Waals surface area (Å²) in [5.74, 6) is -0.979. The van der Waals surface area contributed by atoms with Crippen molar-refractivity contribution in [3.05, 3.63) is 46.5 Å². The van der Waals surface area contributed by atoms with Gasteiger partial charge in [0.15, 0.2) is 0 Å². The zero-order valence-corrected chi connectivity index (χ0v) is 11.2. The molecule has 0 fully saturated rings. The van der Waals surface area contributed by atoms with Crippen LogP contribution < -0.4 is 0 Å². The van der Waals surface area contributed by atoms with Crippen molar-refractivity contribution in [3.63, 3.8) is 0 Å². The first-order chi connectivity index (χ1) is 9.04. The Morgan fingerprint density at radius 3 is 2.89 bits per heavy atom. The zero-order chi connectivity index (χ0) is 14.0. The standard InChI is InChI=1S/C13H12ClFN2O2/c1-3-19-13(18)10-7-16-17(8(10)2)9-4-5-11(14)12(15)6-9/h4-7H,3H2,1-2H3. The van der Waals surface area contributed by atoms with E-state index in [0.717, 1.165) is 0 Å². The Morgan fingerprint density at radius 1 is 1.53 bits per heavy atom. The minimum absolute atomic E-state index is 0.0409. The van der Waals surface area contributed by atoms with Crippen molar-refractivity contribution in [1.82, 2.24) is 9.78 Å². The van der Waals surface area contributed by atoms with Crippen molar-refractivity contribution in [2.24, 2.45) is 0 Å². The summed E-state index contributed by atoms with van der Waals surface area (Å²) in [6.07, 6.45) is 1.40. The van der Waals surface area contributed by atoms with Gasteiger partial charge in [0, 0.05) is 6.07 Å². The number of ether oxygens (including phenoxy) is 1. The first kappa shape index (κ1) is 13.5. The molecule has 4 nitrogen and oxygen atoms in total. The minimum Gasteiger partial charge on any atom is -0.462 e. The van der Waals surface area contributed by atoms with E-state index in [-0.39, 0.29) is 5.02 Å². The molecule has 0 radical (unpaired) electrons. The predicted octanol–water partition coefficient (Wildman–Crippen LogP) is 3.15. The molecule has 0 saturated heterocycles. The van der Waals surface area contributed by atoms with Crippen LogP contribution in [0.4, 0.5) is 4.39 Å². The topological polar surface area (TPSA) is 44.1 Å². The Bertz CT molecular complexity index is 625. The number of nitrogens with zero attached hydrogens (tertiary/aromatic N) is 2. The Hall–Kier alpha value is -1.88. The van der Waals surface area contributed by atoms with Crippen molar-refractivity contribution in [2.45, 2.75) is 13.8 Å². The number of hydrogen-bond donors (Lipinski definition) is 0. The summed E-state index contributed by atoms with van der Waals surface area (Å²) >= 11 is 5.63. The van der Waals surface area contributed by atoms with Gasteiger partial charge < -0.3 is 4.74 Å². The van der Waals surface area contributed by atoms with Gasteiger partial charge in [0.1, 0.15) is 11.4 Å². The Morgan fingerprint density at radius 2 is 2.26 bits per heavy atom. The van der Waals surface area contributed by atoms with Crippen LogP contribution in [0.15, 0.2) is 24.4 Å². The predicted molar refractivity (Wildman–Crippen MR) is 69.2 cm³/mol. The molecule has 19 heavy (non-hydrogen) atoms. The molecule has 0 aliphatic rings. The zero-order valence-electron chi connectivity index (χ0n) is 10.5. The number of hydrogen-bond acceptors (Lipinski definition) is 3. The lowest BCUT2D eigenvalue weighted by Gasteiger charge is -2.06. The summed E-state index contributed by atoms with van der Waals surface area (Å²) < 4.78 is 19.8. The average Bonchev–Trinajstić information content (AvgIpc) is 2.75. The monoisotopic (exact) mass is 282 g/mol. The van der Waals surface area contributed by atoms with E-state index in [9.17, 15) is 9.18 Å². The molecule has 100 valence electrons. The SMILES string of the molecule is CCOC(=O)c1cnn(-c2ccc(Cl)c(F)c2)c1C. The smallest absolute Gasteiger partial charge is 0.341 e. The fraction of sp³-hybridized carbons (Fsp3) is 0.231. The summed E-state index contributed by atoms with van der Waals surface area (Å²) in [6.45, 7) is 3.73. The molecule has 0 aliphatic carbocycles. The van der Waals surface area contributed by atoms with Gasteiger partial charge in [-0.05, 0) is 26.0 Å². The molecule has 1 heterocycles. The van der Waals surface area contributed by atoms with Gasteiger partial charge in [0.25, 0.3) is 0 Å². The molecule has 0 amide bonds. The highest BCUT2D eigenvalue weighted by molar-refractivity contribution is 6.30. The van der Waals surface area contributed by atoms with E-state index in [4.69, 9.17) is 16.3 Å². The van der Waals surface area contributed by atoms with Crippen LogP contribution >= 0.6 is 11.6 Å². The van der Waals surface area contributed by atoms with Crippen LogP contribution in [0.2, 0.25) is 5.02 Å². The molecular formula is C13H12ClFN2O2. The second-order valence-electron chi connectivity index (χ2n) is 3.87. The summed E-state index contributed by atoms with van der Waals surface area (Å²) in [5.41, 5.74) is 1.44. The number of esters is 1. The lowest BCUT2D eigenvalue weighted by molar-refractivity contribution is 0.0525. The van der Waals surface area contributed by atoms with Crippen LogP contribution in [0, 0.1) is 12.7 Å². The Labute approximate surface area is 114 Å². The maximum Gasteiger partial charge on any atom is 0.341 e. The van der Waals surface area contributed by atoms with Gasteiger partial charge in [-0.2, -0.15) is 5.10 Å². The van der Waals surface area contributed by atoms with E-state index in [2.05, 4.69) is 5.10 Å². The summed E-state index contributed by atoms with van der Waals surface area (Å²) in [7, 11) is 0. The molecule has 6 heteroatoms. The lowest BCUT2D eigenvalue weighted by atomic mass is 10.2. The molecule has 0 saturated carbocycles. The molecule has 1 aromatic carbocycles. The number of carbonyl (C=O) groups excluding carboxylic acids is 1. The van der Waals surface area contributed by atoms with Gasteiger partial charge in [0.2, 0.25) is 0 Å². The molecule has 0 spiro atoms.